The molecular weight excluding hydrogens is 367 g/mol. The van der Waals surface area contributed by atoms with Crippen LogP contribution < -0.4 is 5.43 Å². The molecule has 0 saturated heterocycles. The van der Waals surface area contributed by atoms with Crippen LogP contribution in [0.15, 0.2) is 77.9 Å². The topological polar surface area (TPSA) is 81.0 Å². The Morgan fingerprint density at radius 1 is 1.03 bits per heavy atom. The Labute approximate surface area is 166 Å². The summed E-state index contributed by atoms with van der Waals surface area (Å²) in [4.78, 5) is 15.9. The number of hydrogen-bond acceptors (Lipinski definition) is 3. The van der Waals surface area contributed by atoms with E-state index < -0.39 is 5.91 Å². The molecule has 0 bridgehead atoms. The number of benzene rings is 3. The first kappa shape index (κ1) is 18.1. The maximum Gasteiger partial charge on any atom is 0.288 e. The average molecular weight is 382 g/mol. The number of hydrogen-bond donors (Lipinski definition) is 2. The second kappa shape index (κ2) is 7.79. The number of nitrogens with one attached hydrogen (secondary N) is 2. The number of aromatic amines is 1. The summed E-state index contributed by atoms with van der Waals surface area (Å²) in [6.45, 7) is 0. The molecule has 4 rings (SSSR count). The molecule has 0 aliphatic heterocycles. The summed E-state index contributed by atoms with van der Waals surface area (Å²) in [7, 11) is 0. The van der Waals surface area contributed by atoms with E-state index in [1.807, 2.05) is 30.3 Å². The third-order valence-electron chi connectivity index (χ3n) is 4.49. The normalized spacial score (nSPS) is 10.9. The molecule has 1 amide bonds. The lowest BCUT2D eigenvalue weighted by Crippen LogP contribution is -2.18. The quantitative estimate of drug-likeness (QED) is 0.399. The van der Waals surface area contributed by atoms with E-state index in [2.05, 4.69) is 15.5 Å². The fraction of sp³-hybridized carbons (Fsp3) is 0. The first-order valence-corrected chi connectivity index (χ1v) is 8.86. The number of para-hydroxylation sites is 1. The average Bonchev–Trinajstić information content (AvgIpc) is 3.14. The van der Waals surface area contributed by atoms with Crippen molar-refractivity contribution < 1.29 is 9.18 Å². The molecule has 0 aliphatic carbocycles. The Bertz CT molecular complexity index is 1250. The minimum absolute atomic E-state index is 0.341. The van der Waals surface area contributed by atoms with Crippen LogP contribution in [0.3, 0.4) is 0 Å². The molecule has 0 fully saturated rings. The van der Waals surface area contributed by atoms with Gasteiger partial charge < -0.3 is 4.98 Å². The fourth-order valence-electron chi connectivity index (χ4n) is 3.09. The van der Waals surface area contributed by atoms with E-state index in [9.17, 15) is 9.18 Å². The van der Waals surface area contributed by atoms with E-state index in [1.165, 1.54) is 18.3 Å². The largest absolute Gasteiger partial charge is 0.350 e. The van der Waals surface area contributed by atoms with E-state index >= 15 is 0 Å². The third-order valence-corrected chi connectivity index (χ3v) is 4.49. The number of aromatic nitrogens is 1. The summed E-state index contributed by atoms with van der Waals surface area (Å²) in [6.07, 6.45) is 1.50. The van der Waals surface area contributed by atoms with Gasteiger partial charge in [-0.2, -0.15) is 10.4 Å². The molecule has 0 aliphatic rings. The van der Waals surface area contributed by atoms with Crippen molar-refractivity contribution in [2.75, 3.05) is 0 Å². The van der Waals surface area contributed by atoms with E-state index in [0.717, 1.165) is 22.0 Å². The highest BCUT2D eigenvalue weighted by molar-refractivity contribution is 6.09. The minimum atomic E-state index is -0.412. The van der Waals surface area contributed by atoms with Gasteiger partial charge in [0.05, 0.1) is 17.8 Å². The predicted octanol–water partition coefficient (Wildman–Crippen LogP) is 4.61. The van der Waals surface area contributed by atoms with Gasteiger partial charge in [0.15, 0.2) is 0 Å². The van der Waals surface area contributed by atoms with Crippen LogP contribution in [0.2, 0.25) is 0 Å². The van der Waals surface area contributed by atoms with Gasteiger partial charge in [-0.25, -0.2) is 9.82 Å². The zero-order valence-electron chi connectivity index (χ0n) is 15.2. The van der Waals surface area contributed by atoms with Crippen molar-refractivity contribution in [1.29, 1.82) is 5.26 Å². The number of nitrogens with zero attached hydrogens (tertiary/aromatic N) is 2. The fourth-order valence-corrected chi connectivity index (χ4v) is 3.09. The number of rotatable bonds is 4. The Kier molecular flexibility index (Phi) is 4.87. The van der Waals surface area contributed by atoms with Crippen molar-refractivity contribution in [3.63, 3.8) is 0 Å². The summed E-state index contributed by atoms with van der Waals surface area (Å²) in [5, 5.41) is 13.7. The van der Waals surface area contributed by atoms with Crippen LogP contribution in [0.25, 0.3) is 22.0 Å². The SMILES string of the molecule is N#Cc1ccc(C=NNC(=O)c2[nH]c3ccccc3c2-c2ccc(F)cc2)cc1. The number of fused-ring (bicyclic) bond motifs is 1. The van der Waals surface area contributed by atoms with Crippen LogP contribution in [0.1, 0.15) is 21.6 Å². The van der Waals surface area contributed by atoms with Crippen LogP contribution in [-0.2, 0) is 0 Å². The Balaban J connectivity index is 1.65. The van der Waals surface area contributed by atoms with E-state index in [0.29, 0.717) is 16.8 Å². The monoisotopic (exact) mass is 382 g/mol. The first-order chi connectivity index (χ1) is 14.2. The highest BCUT2D eigenvalue weighted by Gasteiger charge is 2.18. The zero-order chi connectivity index (χ0) is 20.2. The van der Waals surface area contributed by atoms with Crippen LogP contribution in [-0.4, -0.2) is 17.1 Å². The minimum Gasteiger partial charge on any atom is -0.350 e. The van der Waals surface area contributed by atoms with Crippen LogP contribution >= 0.6 is 0 Å². The zero-order valence-corrected chi connectivity index (χ0v) is 15.2. The van der Waals surface area contributed by atoms with Crippen molar-refractivity contribution in [3.8, 4) is 17.2 Å². The van der Waals surface area contributed by atoms with E-state index in [1.54, 1.807) is 36.4 Å². The molecule has 0 spiro atoms. The number of carbonyl (C=O) groups excluding carboxylic acids is 1. The lowest BCUT2D eigenvalue weighted by molar-refractivity contribution is 0.0951. The highest BCUT2D eigenvalue weighted by Crippen LogP contribution is 2.32. The number of H-pyrrole nitrogens is 1. The summed E-state index contributed by atoms with van der Waals surface area (Å²) in [5.74, 6) is -0.753. The Morgan fingerprint density at radius 2 is 1.76 bits per heavy atom. The Morgan fingerprint density at radius 3 is 2.48 bits per heavy atom. The molecule has 2 N–H and O–H groups in total. The molecular formula is C23H15FN4O. The van der Waals surface area contributed by atoms with E-state index in [-0.39, 0.29) is 5.82 Å². The molecule has 0 radical (unpaired) electrons. The molecule has 1 heterocycles. The van der Waals surface area contributed by atoms with Gasteiger partial charge in [-0.05, 0) is 41.5 Å². The molecule has 5 nitrogen and oxygen atoms in total. The molecule has 3 aromatic carbocycles. The molecule has 0 saturated carbocycles. The molecule has 1 aromatic heterocycles. The van der Waals surface area contributed by atoms with Gasteiger partial charge in [0, 0.05) is 16.5 Å². The molecule has 6 heteroatoms. The van der Waals surface area contributed by atoms with Crippen molar-refractivity contribution in [3.05, 3.63) is 95.4 Å². The number of hydrazone groups is 1. The van der Waals surface area contributed by atoms with Gasteiger partial charge >= 0.3 is 0 Å². The van der Waals surface area contributed by atoms with Crippen molar-refractivity contribution in [1.82, 2.24) is 10.4 Å². The number of nitriles is 1. The second-order valence-corrected chi connectivity index (χ2v) is 6.36. The van der Waals surface area contributed by atoms with Gasteiger partial charge in [-0.3, -0.25) is 4.79 Å². The van der Waals surface area contributed by atoms with Gasteiger partial charge in [-0.15, -0.1) is 0 Å². The first-order valence-electron chi connectivity index (χ1n) is 8.86. The molecule has 29 heavy (non-hydrogen) atoms. The number of halogens is 1. The summed E-state index contributed by atoms with van der Waals surface area (Å²) >= 11 is 0. The summed E-state index contributed by atoms with van der Waals surface area (Å²) in [5.41, 5.74) is 6.37. The smallest absolute Gasteiger partial charge is 0.288 e. The molecule has 140 valence electrons. The van der Waals surface area contributed by atoms with Crippen LogP contribution in [0, 0.1) is 17.1 Å². The maximum atomic E-state index is 13.4. The number of amides is 1. The number of carbonyl (C=O) groups is 1. The van der Waals surface area contributed by atoms with Gasteiger partial charge in [0.2, 0.25) is 0 Å². The van der Waals surface area contributed by atoms with Crippen molar-refractivity contribution >= 4 is 23.0 Å². The van der Waals surface area contributed by atoms with Gasteiger partial charge in [0.1, 0.15) is 11.5 Å². The van der Waals surface area contributed by atoms with Crippen molar-refractivity contribution in [2.24, 2.45) is 5.10 Å². The highest BCUT2D eigenvalue weighted by atomic mass is 19.1. The Hall–Kier alpha value is -4.24. The van der Waals surface area contributed by atoms with Gasteiger partial charge in [0.25, 0.3) is 5.91 Å². The lowest BCUT2D eigenvalue weighted by atomic mass is 10.0. The molecule has 0 unspecified atom stereocenters. The van der Waals surface area contributed by atoms with Crippen LogP contribution in [0.4, 0.5) is 4.39 Å². The van der Waals surface area contributed by atoms with Crippen LogP contribution in [0.5, 0.6) is 0 Å². The van der Waals surface area contributed by atoms with E-state index in [4.69, 9.17) is 5.26 Å². The predicted molar refractivity (Wildman–Crippen MR) is 110 cm³/mol. The third kappa shape index (κ3) is 3.75. The summed E-state index contributed by atoms with van der Waals surface area (Å²) in [6, 6.07) is 22.4. The standard InChI is InChI=1S/C23H15FN4O/c24-18-11-9-17(10-12-18)21-19-3-1-2-4-20(19)27-22(21)23(29)28-26-14-16-7-5-15(13-25)6-8-16/h1-12,14,27H,(H,28,29). The van der Waals surface area contributed by atoms with Gasteiger partial charge in [-0.1, -0.05) is 42.5 Å². The van der Waals surface area contributed by atoms with Crippen molar-refractivity contribution in [2.45, 2.75) is 0 Å². The lowest BCUT2D eigenvalue weighted by Gasteiger charge is -2.04. The molecule has 0 atom stereocenters. The summed E-state index contributed by atoms with van der Waals surface area (Å²) < 4.78 is 13.4. The second-order valence-electron chi connectivity index (χ2n) is 6.36. The maximum absolute atomic E-state index is 13.4. The molecule has 4 aromatic rings.